The second-order valence-corrected chi connectivity index (χ2v) is 9.17. The topological polar surface area (TPSA) is 117 Å². The minimum atomic E-state index is -0.964. The normalized spacial score (nSPS) is 25.0. The Kier molecular flexibility index (Phi) is 3.87. The summed E-state index contributed by atoms with van der Waals surface area (Å²) in [4.78, 5) is 29.6. The first kappa shape index (κ1) is 19.7. The van der Waals surface area contributed by atoms with E-state index < -0.39 is 36.4 Å². The highest BCUT2D eigenvalue weighted by Crippen LogP contribution is 2.45. The Labute approximate surface area is 192 Å². The highest BCUT2D eigenvalue weighted by molar-refractivity contribution is 6.39. The SMILES string of the molecule is C[C@@H]1OC(n2c3ccccc3c3c4c(c5c6ccccc6[nH]c5c32)C(=O)NC4=O)[C@H](O)CC1O. The van der Waals surface area contributed by atoms with Crippen molar-refractivity contribution in [3.8, 4) is 0 Å². The number of aromatic amines is 1. The molecule has 4 heterocycles. The third kappa shape index (κ3) is 2.37. The summed E-state index contributed by atoms with van der Waals surface area (Å²) in [6.07, 6.45) is -2.84. The van der Waals surface area contributed by atoms with Crippen molar-refractivity contribution in [3.05, 3.63) is 59.7 Å². The third-order valence-electron chi connectivity index (χ3n) is 7.25. The van der Waals surface area contributed by atoms with Crippen LogP contribution in [-0.2, 0) is 4.74 Å². The highest BCUT2D eigenvalue weighted by Gasteiger charge is 2.40. The standard InChI is InChI=1S/C26H21N3O5/c1-11-16(30)10-17(31)26(34-11)29-15-9-5-3-7-13(15)19-21-20(24(32)28-25(21)33)18-12-6-2-4-8-14(12)27-22(18)23(19)29/h2-9,11,16-17,26-27,30-31H,10H2,1H3,(H,28,32,33)/t11-,16?,17+,26?/m0/s1. The van der Waals surface area contributed by atoms with Gasteiger partial charge in [0.1, 0.15) is 6.10 Å². The zero-order valence-electron chi connectivity index (χ0n) is 18.2. The van der Waals surface area contributed by atoms with E-state index in [-0.39, 0.29) is 6.42 Å². The van der Waals surface area contributed by atoms with E-state index in [4.69, 9.17) is 4.74 Å². The fourth-order valence-electron chi connectivity index (χ4n) is 5.73. The first-order valence-corrected chi connectivity index (χ1v) is 11.3. The van der Waals surface area contributed by atoms with Crippen LogP contribution in [0.5, 0.6) is 0 Å². The summed E-state index contributed by atoms with van der Waals surface area (Å²) in [5, 5.41) is 26.7. The fourth-order valence-corrected chi connectivity index (χ4v) is 5.73. The van der Waals surface area contributed by atoms with E-state index in [0.29, 0.717) is 32.9 Å². The number of H-pyrrole nitrogens is 1. The molecule has 0 saturated carbocycles. The van der Waals surface area contributed by atoms with Crippen molar-refractivity contribution in [2.24, 2.45) is 0 Å². The van der Waals surface area contributed by atoms with E-state index in [2.05, 4.69) is 10.3 Å². The number of carbonyl (C=O) groups is 2. The first-order chi connectivity index (χ1) is 16.5. The average Bonchev–Trinajstić information content (AvgIpc) is 3.45. The van der Waals surface area contributed by atoms with Crippen molar-refractivity contribution in [2.75, 3.05) is 0 Å². The second kappa shape index (κ2) is 6.66. The predicted molar refractivity (Wildman–Crippen MR) is 127 cm³/mol. The minimum absolute atomic E-state index is 0.166. The van der Waals surface area contributed by atoms with Crippen LogP contribution in [-0.4, -0.2) is 49.9 Å². The Morgan fingerprint density at radius 1 is 0.912 bits per heavy atom. The lowest BCUT2D eigenvalue weighted by atomic mass is 9.96. The van der Waals surface area contributed by atoms with Gasteiger partial charge in [0.05, 0.1) is 39.9 Å². The van der Waals surface area contributed by atoms with E-state index >= 15 is 0 Å². The van der Waals surface area contributed by atoms with Gasteiger partial charge in [0.15, 0.2) is 6.23 Å². The number of nitrogens with zero attached hydrogens (tertiary/aromatic N) is 1. The zero-order chi connectivity index (χ0) is 23.3. The van der Waals surface area contributed by atoms with E-state index in [0.717, 1.165) is 21.8 Å². The molecule has 1 fully saturated rings. The van der Waals surface area contributed by atoms with Gasteiger partial charge in [0.25, 0.3) is 11.8 Å². The summed E-state index contributed by atoms with van der Waals surface area (Å²) in [6, 6.07) is 15.3. The molecule has 1 saturated heterocycles. The van der Waals surface area contributed by atoms with Gasteiger partial charge in [-0.15, -0.1) is 0 Å². The molecule has 0 radical (unpaired) electrons. The number of imide groups is 1. The molecule has 7 rings (SSSR count). The summed E-state index contributed by atoms with van der Waals surface area (Å²) in [5.41, 5.74) is 3.69. The number of ether oxygens (including phenoxy) is 1. The number of carbonyl (C=O) groups excluding carboxylic acids is 2. The van der Waals surface area contributed by atoms with Crippen molar-refractivity contribution in [3.63, 3.8) is 0 Å². The molecule has 2 aliphatic rings. The van der Waals surface area contributed by atoms with Crippen molar-refractivity contribution in [2.45, 2.75) is 37.9 Å². The monoisotopic (exact) mass is 455 g/mol. The molecular formula is C26H21N3O5. The van der Waals surface area contributed by atoms with Crippen LogP contribution in [0.15, 0.2) is 48.5 Å². The molecule has 8 heteroatoms. The maximum atomic E-state index is 13.1. The summed E-state index contributed by atoms with van der Waals surface area (Å²) >= 11 is 0. The Bertz CT molecular complexity index is 1700. The molecule has 0 aliphatic carbocycles. The predicted octanol–water partition coefficient (Wildman–Crippen LogP) is 3.34. The van der Waals surface area contributed by atoms with Gasteiger partial charge in [-0.05, 0) is 19.1 Å². The lowest BCUT2D eigenvalue weighted by Crippen LogP contribution is -2.43. The van der Waals surface area contributed by atoms with E-state index in [9.17, 15) is 19.8 Å². The van der Waals surface area contributed by atoms with Crippen molar-refractivity contribution >= 4 is 55.4 Å². The lowest BCUT2D eigenvalue weighted by molar-refractivity contribution is -0.188. The van der Waals surface area contributed by atoms with Crippen LogP contribution in [0.4, 0.5) is 0 Å². The number of nitrogens with one attached hydrogen (secondary N) is 2. The van der Waals surface area contributed by atoms with Gasteiger partial charge in [-0.1, -0.05) is 36.4 Å². The summed E-state index contributed by atoms with van der Waals surface area (Å²) in [7, 11) is 0. The number of amides is 2. The molecule has 34 heavy (non-hydrogen) atoms. The maximum absolute atomic E-state index is 13.1. The molecule has 2 amide bonds. The van der Waals surface area contributed by atoms with Crippen LogP contribution in [0.1, 0.15) is 40.3 Å². The number of aromatic nitrogens is 2. The van der Waals surface area contributed by atoms with Crippen LogP contribution >= 0.6 is 0 Å². The molecule has 2 aliphatic heterocycles. The molecule has 2 unspecified atom stereocenters. The number of hydrogen-bond donors (Lipinski definition) is 4. The molecule has 2 aromatic heterocycles. The van der Waals surface area contributed by atoms with Crippen LogP contribution in [0.2, 0.25) is 0 Å². The quantitative estimate of drug-likeness (QED) is 0.289. The maximum Gasteiger partial charge on any atom is 0.259 e. The molecule has 5 aromatic rings. The number of aliphatic hydroxyl groups is 2. The van der Waals surface area contributed by atoms with E-state index in [1.165, 1.54) is 0 Å². The summed E-state index contributed by atoms with van der Waals surface area (Å²) in [6.45, 7) is 1.78. The Balaban J connectivity index is 1.73. The Morgan fingerprint density at radius 3 is 2.38 bits per heavy atom. The van der Waals surface area contributed by atoms with Gasteiger partial charge in [0, 0.05) is 33.5 Å². The van der Waals surface area contributed by atoms with Crippen molar-refractivity contribution in [1.29, 1.82) is 0 Å². The lowest BCUT2D eigenvalue weighted by Gasteiger charge is -2.37. The van der Waals surface area contributed by atoms with Gasteiger partial charge in [-0.2, -0.15) is 0 Å². The number of aliphatic hydroxyl groups excluding tert-OH is 2. The molecule has 8 nitrogen and oxygen atoms in total. The van der Waals surface area contributed by atoms with Gasteiger partial charge in [-0.25, -0.2) is 0 Å². The molecule has 0 spiro atoms. The fraction of sp³-hybridized carbons (Fsp3) is 0.231. The van der Waals surface area contributed by atoms with E-state index in [1.807, 2.05) is 53.1 Å². The third-order valence-corrected chi connectivity index (χ3v) is 7.25. The van der Waals surface area contributed by atoms with Gasteiger partial charge in [0.2, 0.25) is 0 Å². The van der Waals surface area contributed by atoms with Gasteiger partial charge < -0.3 is 24.5 Å². The zero-order valence-corrected chi connectivity index (χ0v) is 18.2. The first-order valence-electron chi connectivity index (χ1n) is 11.3. The molecular weight excluding hydrogens is 434 g/mol. The Morgan fingerprint density at radius 2 is 1.59 bits per heavy atom. The van der Waals surface area contributed by atoms with Crippen LogP contribution in [0.3, 0.4) is 0 Å². The molecule has 170 valence electrons. The highest BCUT2D eigenvalue weighted by atomic mass is 16.5. The summed E-state index contributed by atoms with van der Waals surface area (Å²) < 4.78 is 8.05. The summed E-state index contributed by atoms with van der Waals surface area (Å²) in [5.74, 6) is -0.854. The van der Waals surface area contributed by atoms with E-state index in [1.54, 1.807) is 6.92 Å². The van der Waals surface area contributed by atoms with Gasteiger partial charge in [-0.3, -0.25) is 14.9 Å². The molecule has 4 N–H and O–H groups in total. The number of benzene rings is 3. The number of fused-ring (bicyclic) bond motifs is 10. The van der Waals surface area contributed by atoms with Crippen LogP contribution in [0.25, 0.3) is 43.6 Å². The second-order valence-electron chi connectivity index (χ2n) is 9.17. The van der Waals surface area contributed by atoms with Crippen LogP contribution in [0, 0.1) is 0 Å². The number of hydrogen-bond acceptors (Lipinski definition) is 5. The Hall–Kier alpha value is -3.72. The average molecular weight is 455 g/mol. The number of rotatable bonds is 1. The van der Waals surface area contributed by atoms with Crippen molar-refractivity contribution < 1.29 is 24.5 Å². The van der Waals surface area contributed by atoms with Gasteiger partial charge >= 0.3 is 0 Å². The smallest absolute Gasteiger partial charge is 0.259 e. The minimum Gasteiger partial charge on any atom is -0.390 e. The number of para-hydroxylation sites is 2. The molecule has 3 aromatic carbocycles. The van der Waals surface area contributed by atoms with Crippen molar-refractivity contribution in [1.82, 2.24) is 14.9 Å². The van der Waals surface area contributed by atoms with Crippen LogP contribution < -0.4 is 5.32 Å². The molecule has 4 atom stereocenters. The molecule has 0 bridgehead atoms. The largest absolute Gasteiger partial charge is 0.390 e.